The van der Waals surface area contributed by atoms with Crippen molar-refractivity contribution < 1.29 is 26.2 Å². The Labute approximate surface area is 186 Å². The molecule has 0 radical (unpaired) electrons. The predicted octanol–water partition coefficient (Wildman–Crippen LogP) is 1.68. The molecule has 2 aromatic rings. The van der Waals surface area contributed by atoms with Crippen molar-refractivity contribution in [2.75, 3.05) is 13.1 Å². The molecule has 0 spiro atoms. The van der Waals surface area contributed by atoms with Crippen LogP contribution in [0.1, 0.15) is 24.7 Å². The Balaban J connectivity index is 0.000000403. The van der Waals surface area contributed by atoms with E-state index in [1.165, 1.54) is 5.56 Å². The van der Waals surface area contributed by atoms with Gasteiger partial charge in [-0.1, -0.05) is 43.9 Å². The molecular formula is C21H23N6OW-. The molecule has 7 nitrogen and oxygen atoms in total. The van der Waals surface area contributed by atoms with Gasteiger partial charge in [0.2, 0.25) is 0 Å². The fourth-order valence-corrected chi connectivity index (χ4v) is 3.58. The quantitative estimate of drug-likeness (QED) is 0.332. The molecule has 0 amide bonds. The van der Waals surface area contributed by atoms with Crippen LogP contribution in [0.3, 0.4) is 0 Å². The molecule has 0 bridgehead atoms. The summed E-state index contributed by atoms with van der Waals surface area (Å²) < 4.78 is 1.81. The zero-order valence-corrected chi connectivity index (χ0v) is 19.4. The number of aryl methyl sites for hydroxylation is 1. The minimum absolute atomic E-state index is 0. The summed E-state index contributed by atoms with van der Waals surface area (Å²) in [4.78, 5) is 2.13. The maximum absolute atomic E-state index is 7.93. The average Bonchev–Trinajstić information content (AvgIpc) is 3.13. The first-order valence-corrected chi connectivity index (χ1v) is 8.78. The number of aromatic nitrogens is 4. The topological polar surface area (TPSA) is 90.9 Å². The van der Waals surface area contributed by atoms with E-state index in [0.717, 1.165) is 25.3 Å². The molecular weight excluding hydrogens is 536 g/mol. The van der Waals surface area contributed by atoms with Crippen LogP contribution in [0.15, 0.2) is 30.3 Å². The smallest absolute Gasteiger partial charge is 0.459 e. The van der Waals surface area contributed by atoms with Crippen molar-refractivity contribution in [2.24, 2.45) is 13.0 Å². The van der Waals surface area contributed by atoms with Gasteiger partial charge in [0.15, 0.2) is 5.82 Å². The van der Waals surface area contributed by atoms with Gasteiger partial charge >= 0.3 is 21.1 Å². The molecule has 0 aliphatic carbocycles. The standard InChI is InChI=1S/C15H20N5.C6H3NO.W/c1-12-11-19(2)10-9-15(12,13-7-5-4-6-8-13)14-16-17-18-20(14)3;7-5-3-1-2-4-6-8;/h4-8,12H,2,9-11H2,1,3H3;6-8H;/q-1;-2;+2. The van der Waals surface area contributed by atoms with Gasteiger partial charge in [0.1, 0.15) is 0 Å². The molecule has 0 saturated carbocycles. The van der Waals surface area contributed by atoms with Gasteiger partial charge < -0.3 is 27.3 Å². The van der Waals surface area contributed by atoms with Gasteiger partial charge in [-0.3, -0.25) is 18.9 Å². The summed E-state index contributed by atoms with van der Waals surface area (Å²) in [5.41, 5.74) is 1.16. The Morgan fingerprint density at radius 1 is 1.34 bits per heavy atom. The number of piperidine rings is 1. The Kier molecular flexibility index (Phi) is 10.3. The van der Waals surface area contributed by atoms with Gasteiger partial charge in [0.25, 0.3) is 0 Å². The third-order valence-corrected chi connectivity index (χ3v) is 4.83. The Morgan fingerprint density at radius 3 is 2.62 bits per heavy atom. The van der Waals surface area contributed by atoms with Gasteiger partial charge in [0, 0.05) is 7.05 Å². The normalized spacial score (nSPS) is 20.3. The van der Waals surface area contributed by atoms with E-state index >= 15 is 0 Å². The fourth-order valence-electron chi connectivity index (χ4n) is 3.58. The van der Waals surface area contributed by atoms with Crippen LogP contribution >= 0.6 is 0 Å². The minimum atomic E-state index is -0.131. The van der Waals surface area contributed by atoms with Crippen LogP contribution in [0, 0.1) is 48.7 Å². The molecule has 3 rings (SSSR count). The van der Waals surface area contributed by atoms with E-state index in [1.807, 2.05) is 24.0 Å². The third kappa shape index (κ3) is 6.02. The molecule has 2 N–H and O–H groups in total. The zero-order valence-electron chi connectivity index (χ0n) is 16.5. The van der Waals surface area contributed by atoms with E-state index in [1.54, 1.807) is 0 Å². The Morgan fingerprint density at radius 2 is 2.07 bits per heavy atom. The van der Waals surface area contributed by atoms with Gasteiger partial charge in [0.05, 0.1) is 5.41 Å². The zero-order chi connectivity index (χ0) is 20.4. The van der Waals surface area contributed by atoms with Crippen LogP contribution in [0.2, 0.25) is 0 Å². The predicted molar refractivity (Wildman–Crippen MR) is 106 cm³/mol. The van der Waals surface area contributed by atoms with Crippen molar-refractivity contribution in [3.8, 4) is 23.7 Å². The summed E-state index contributed by atoms with van der Waals surface area (Å²) in [7, 11) is 6.01. The maximum atomic E-state index is 7.93. The van der Waals surface area contributed by atoms with Crippen molar-refractivity contribution >= 4 is 6.21 Å². The van der Waals surface area contributed by atoms with E-state index in [0.29, 0.717) is 12.5 Å². The van der Waals surface area contributed by atoms with Crippen molar-refractivity contribution in [1.29, 1.82) is 5.41 Å². The average molecular weight is 559 g/mol. The molecule has 1 aromatic heterocycles. The number of hydrogen-bond acceptors (Lipinski definition) is 6. The largest absolute Gasteiger partial charge is 2.00 e. The minimum Gasteiger partial charge on any atom is -0.459 e. The fraction of sp³-hybridized carbons (Fsp3) is 0.333. The summed E-state index contributed by atoms with van der Waals surface area (Å²) >= 11 is 0. The number of aliphatic hydroxyl groups excluding tert-OH is 1. The monoisotopic (exact) mass is 559 g/mol. The van der Waals surface area contributed by atoms with E-state index < -0.39 is 0 Å². The van der Waals surface area contributed by atoms with Crippen molar-refractivity contribution in [2.45, 2.75) is 18.8 Å². The molecule has 2 atom stereocenters. The molecule has 1 fully saturated rings. The van der Waals surface area contributed by atoms with Crippen LogP contribution < -0.4 is 0 Å². The van der Waals surface area contributed by atoms with E-state index in [4.69, 9.17) is 10.5 Å². The van der Waals surface area contributed by atoms with Crippen LogP contribution in [-0.2, 0) is 33.5 Å². The van der Waals surface area contributed by atoms with Crippen LogP contribution in [-0.4, -0.2) is 49.5 Å². The molecule has 1 saturated heterocycles. The first-order chi connectivity index (χ1) is 13.6. The van der Waals surface area contributed by atoms with Crippen molar-refractivity contribution in [1.82, 2.24) is 25.1 Å². The SMILES string of the molecule is N=[C-]C#CC#C[CH-]O.[CH2-]N1CCC(c2ccccc2)(c2nnnn2C)C(C)C1.[W+2]. The molecule has 150 valence electrons. The van der Waals surface area contributed by atoms with Crippen molar-refractivity contribution in [3.05, 3.63) is 55.4 Å². The number of hydrogen-bond donors (Lipinski definition) is 2. The van der Waals surface area contributed by atoms with Crippen LogP contribution in [0.25, 0.3) is 0 Å². The number of nitrogens with one attached hydrogen (secondary N) is 1. The van der Waals surface area contributed by atoms with Gasteiger partial charge in [-0.2, -0.15) is 0 Å². The third-order valence-electron chi connectivity index (χ3n) is 4.83. The van der Waals surface area contributed by atoms with Gasteiger partial charge in [-0.05, 0) is 41.4 Å². The number of nitrogens with zero attached hydrogens (tertiary/aromatic N) is 5. The number of aliphatic hydroxyl groups is 1. The molecule has 1 aliphatic rings. The Bertz CT molecular complexity index is 892. The molecule has 2 heterocycles. The van der Waals surface area contributed by atoms with Gasteiger partial charge in [-0.15, -0.1) is 11.3 Å². The molecule has 1 aromatic carbocycles. The molecule has 8 heteroatoms. The first-order valence-electron chi connectivity index (χ1n) is 8.78. The second kappa shape index (κ2) is 12.2. The van der Waals surface area contributed by atoms with Crippen molar-refractivity contribution in [3.63, 3.8) is 0 Å². The van der Waals surface area contributed by atoms with E-state index in [-0.39, 0.29) is 26.5 Å². The number of benzene rings is 1. The summed E-state index contributed by atoms with van der Waals surface area (Å²) in [5, 5.41) is 26.4. The second-order valence-electron chi connectivity index (χ2n) is 6.46. The number of likely N-dealkylation sites (tertiary alicyclic amines) is 1. The van der Waals surface area contributed by atoms with Gasteiger partial charge in [-0.25, -0.2) is 4.68 Å². The van der Waals surface area contributed by atoms with Crippen LogP contribution in [0.4, 0.5) is 0 Å². The van der Waals surface area contributed by atoms with E-state index in [2.05, 4.69) is 82.3 Å². The maximum Gasteiger partial charge on any atom is 2.00 e. The summed E-state index contributed by atoms with van der Waals surface area (Å²) in [6.07, 6.45) is 2.80. The Hall–Kier alpha value is -2.44. The number of rotatable bonds is 2. The number of tetrazole rings is 1. The molecule has 29 heavy (non-hydrogen) atoms. The molecule has 1 aliphatic heterocycles. The van der Waals surface area contributed by atoms with Crippen LogP contribution in [0.5, 0.6) is 0 Å². The van der Waals surface area contributed by atoms with E-state index in [9.17, 15) is 0 Å². The first kappa shape index (κ1) is 24.6. The second-order valence-corrected chi connectivity index (χ2v) is 6.46. The summed E-state index contributed by atoms with van der Waals surface area (Å²) in [6.45, 7) is 4.85. The summed E-state index contributed by atoms with van der Waals surface area (Å²) in [5.74, 6) is 10.1. The molecule has 2 unspecified atom stereocenters. The summed E-state index contributed by atoms with van der Waals surface area (Å²) in [6, 6.07) is 10.6.